The maximum absolute atomic E-state index is 12.8. The Labute approximate surface area is 179 Å². The number of benzene rings is 2. The summed E-state index contributed by atoms with van der Waals surface area (Å²) in [5.74, 6) is 0.973. The molecule has 0 unspecified atom stereocenters. The fourth-order valence-electron chi connectivity index (χ4n) is 3.34. The van der Waals surface area contributed by atoms with Crippen LogP contribution in [0.2, 0.25) is 0 Å². The van der Waals surface area contributed by atoms with Gasteiger partial charge >= 0.3 is 0 Å². The van der Waals surface area contributed by atoms with Crippen LogP contribution in [-0.2, 0) is 4.79 Å². The Bertz CT molecular complexity index is 929. The summed E-state index contributed by atoms with van der Waals surface area (Å²) in [6.07, 6.45) is 2.34. The molecule has 0 saturated carbocycles. The number of nitrogens with one attached hydrogen (secondary N) is 1. The Morgan fingerprint density at radius 1 is 1.28 bits per heavy atom. The highest BCUT2D eigenvalue weighted by Gasteiger charge is 2.23. The van der Waals surface area contributed by atoms with Crippen LogP contribution >= 0.6 is 15.9 Å². The summed E-state index contributed by atoms with van der Waals surface area (Å²) in [4.78, 5) is 26.6. The molecule has 7 heteroatoms. The van der Waals surface area contributed by atoms with Crippen molar-refractivity contribution in [2.75, 3.05) is 30.5 Å². The Hall–Kier alpha value is -2.54. The number of hydrogen-bond donors (Lipinski definition) is 1. The van der Waals surface area contributed by atoms with Crippen LogP contribution in [0.5, 0.6) is 11.5 Å². The topological polar surface area (TPSA) is 67.9 Å². The second-order valence-electron chi connectivity index (χ2n) is 6.94. The van der Waals surface area contributed by atoms with Crippen LogP contribution in [0.15, 0.2) is 34.8 Å². The highest BCUT2D eigenvalue weighted by atomic mass is 79.9. The van der Waals surface area contributed by atoms with E-state index in [9.17, 15) is 9.59 Å². The van der Waals surface area contributed by atoms with E-state index in [-0.39, 0.29) is 11.8 Å². The van der Waals surface area contributed by atoms with Gasteiger partial charge in [-0.2, -0.15) is 0 Å². The standard InChI is InChI=1S/C22H25BrN2O4/c1-4-10-29-21-17(23)12-15(13-19(21)28-3)22(27)24-16-7-8-18(14(2)11-16)25-9-5-6-20(25)26/h7-8,11-13H,4-6,9-10H2,1-3H3,(H,24,27). The molecule has 1 aliphatic heterocycles. The lowest BCUT2D eigenvalue weighted by Crippen LogP contribution is -2.24. The number of nitrogens with zero attached hydrogens (tertiary/aromatic N) is 1. The van der Waals surface area contributed by atoms with Crippen LogP contribution in [-0.4, -0.2) is 32.1 Å². The fourth-order valence-corrected chi connectivity index (χ4v) is 3.89. The van der Waals surface area contributed by atoms with Gasteiger partial charge in [-0.1, -0.05) is 6.92 Å². The lowest BCUT2D eigenvalue weighted by Gasteiger charge is -2.19. The lowest BCUT2D eigenvalue weighted by atomic mass is 10.1. The van der Waals surface area contributed by atoms with Crippen molar-refractivity contribution in [2.45, 2.75) is 33.1 Å². The maximum atomic E-state index is 12.8. The van der Waals surface area contributed by atoms with E-state index in [2.05, 4.69) is 21.2 Å². The molecule has 0 radical (unpaired) electrons. The number of hydrogen-bond acceptors (Lipinski definition) is 4. The molecule has 0 atom stereocenters. The number of amides is 2. The van der Waals surface area contributed by atoms with Crippen LogP contribution in [0.1, 0.15) is 42.1 Å². The molecule has 3 rings (SSSR count). The largest absolute Gasteiger partial charge is 0.493 e. The lowest BCUT2D eigenvalue weighted by molar-refractivity contribution is -0.117. The van der Waals surface area contributed by atoms with Crippen LogP contribution in [0.25, 0.3) is 0 Å². The molecule has 0 aromatic heterocycles. The van der Waals surface area contributed by atoms with Crippen molar-refractivity contribution in [2.24, 2.45) is 0 Å². The first kappa shape index (κ1) is 21.2. The second kappa shape index (κ2) is 9.31. The average Bonchev–Trinajstić information content (AvgIpc) is 3.12. The zero-order chi connectivity index (χ0) is 21.0. The number of halogens is 1. The molecule has 1 fully saturated rings. The van der Waals surface area contributed by atoms with Crippen LogP contribution < -0.4 is 19.7 Å². The van der Waals surface area contributed by atoms with E-state index in [4.69, 9.17) is 9.47 Å². The van der Waals surface area contributed by atoms with E-state index in [0.717, 1.165) is 30.6 Å². The summed E-state index contributed by atoms with van der Waals surface area (Å²) in [7, 11) is 1.55. The zero-order valence-corrected chi connectivity index (χ0v) is 18.5. The minimum absolute atomic E-state index is 0.146. The highest BCUT2D eigenvalue weighted by molar-refractivity contribution is 9.10. The second-order valence-corrected chi connectivity index (χ2v) is 7.80. The van der Waals surface area contributed by atoms with E-state index >= 15 is 0 Å². The van der Waals surface area contributed by atoms with E-state index in [0.29, 0.717) is 40.3 Å². The third kappa shape index (κ3) is 4.72. The SMILES string of the molecule is CCCOc1c(Br)cc(C(=O)Nc2ccc(N3CCCC3=O)c(C)c2)cc1OC. The van der Waals surface area contributed by atoms with Gasteiger partial charge in [-0.3, -0.25) is 9.59 Å². The molecule has 1 saturated heterocycles. The normalized spacial score (nSPS) is 13.5. The average molecular weight is 461 g/mol. The first-order valence-corrected chi connectivity index (χ1v) is 10.5. The van der Waals surface area contributed by atoms with Crippen molar-refractivity contribution in [3.8, 4) is 11.5 Å². The van der Waals surface area contributed by atoms with Gasteiger partial charge in [0.15, 0.2) is 11.5 Å². The Balaban J connectivity index is 1.78. The smallest absolute Gasteiger partial charge is 0.255 e. The first-order chi connectivity index (χ1) is 13.9. The van der Waals surface area contributed by atoms with Gasteiger partial charge in [0.05, 0.1) is 18.2 Å². The molecule has 29 heavy (non-hydrogen) atoms. The first-order valence-electron chi connectivity index (χ1n) is 9.67. The highest BCUT2D eigenvalue weighted by Crippen LogP contribution is 2.37. The van der Waals surface area contributed by atoms with E-state index in [1.807, 2.05) is 32.0 Å². The van der Waals surface area contributed by atoms with Crippen LogP contribution in [0, 0.1) is 6.92 Å². The quantitative estimate of drug-likeness (QED) is 0.635. The van der Waals surface area contributed by atoms with Crippen molar-refractivity contribution in [1.29, 1.82) is 0 Å². The monoisotopic (exact) mass is 460 g/mol. The summed E-state index contributed by atoms with van der Waals surface area (Å²) in [6.45, 7) is 5.27. The fraction of sp³-hybridized carbons (Fsp3) is 0.364. The van der Waals surface area contributed by atoms with Gasteiger partial charge in [0.1, 0.15) is 0 Å². The van der Waals surface area contributed by atoms with E-state index in [1.165, 1.54) is 0 Å². The Kier molecular flexibility index (Phi) is 6.79. The number of anilines is 2. The molecule has 0 aliphatic carbocycles. The molecule has 1 heterocycles. The van der Waals surface area contributed by atoms with Crippen LogP contribution in [0.4, 0.5) is 11.4 Å². The number of methoxy groups -OCH3 is 1. The number of aryl methyl sites for hydroxylation is 1. The van der Waals surface area contributed by atoms with Gasteiger partial charge in [0, 0.05) is 29.9 Å². The van der Waals surface area contributed by atoms with Crippen molar-refractivity contribution in [3.63, 3.8) is 0 Å². The van der Waals surface area contributed by atoms with E-state index < -0.39 is 0 Å². The predicted octanol–water partition coefficient (Wildman–Crippen LogP) is 4.93. The number of ether oxygens (including phenoxy) is 2. The number of rotatable bonds is 7. The summed E-state index contributed by atoms with van der Waals surface area (Å²) < 4.78 is 11.8. The molecule has 1 aliphatic rings. The third-order valence-corrected chi connectivity index (χ3v) is 5.35. The maximum Gasteiger partial charge on any atom is 0.255 e. The molecule has 154 valence electrons. The summed E-state index contributed by atoms with van der Waals surface area (Å²) in [6, 6.07) is 8.95. The summed E-state index contributed by atoms with van der Waals surface area (Å²) in [5, 5.41) is 2.91. The summed E-state index contributed by atoms with van der Waals surface area (Å²) >= 11 is 3.46. The van der Waals surface area contributed by atoms with Gasteiger partial charge < -0.3 is 19.7 Å². The molecular formula is C22H25BrN2O4. The van der Waals surface area contributed by atoms with Gasteiger partial charge in [0.25, 0.3) is 5.91 Å². The van der Waals surface area contributed by atoms with Gasteiger partial charge in [0.2, 0.25) is 5.91 Å². The van der Waals surface area contributed by atoms with Crippen LogP contribution in [0.3, 0.4) is 0 Å². The van der Waals surface area contributed by atoms with E-state index in [1.54, 1.807) is 24.1 Å². The molecule has 0 bridgehead atoms. The van der Waals surface area contributed by atoms with Crippen molar-refractivity contribution in [3.05, 3.63) is 45.9 Å². The predicted molar refractivity (Wildman–Crippen MR) is 117 cm³/mol. The third-order valence-electron chi connectivity index (χ3n) is 4.76. The number of carbonyl (C=O) groups excluding carboxylic acids is 2. The molecule has 2 aromatic carbocycles. The minimum atomic E-state index is -0.254. The van der Waals surface area contributed by atoms with Crippen molar-refractivity contribution < 1.29 is 19.1 Å². The number of carbonyl (C=O) groups is 2. The minimum Gasteiger partial charge on any atom is -0.493 e. The Morgan fingerprint density at radius 2 is 2.07 bits per heavy atom. The molecule has 2 amide bonds. The zero-order valence-electron chi connectivity index (χ0n) is 16.9. The molecule has 0 spiro atoms. The molecule has 1 N–H and O–H groups in total. The van der Waals surface area contributed by atoms with Crippen molar-refractivity contribution in [1.82, 2.24) is 0 Å². The molecular weight excluding hydrogens is 436 g/mol. The van der Waals surface area contributed by atoms with Gasteiger partial charge in [-0.05, 0) is 71.6 Å². The van der Waals surface area contributed by atoms with Gasteiger partial charge in [-0.25, -0.2) is 0 Å². The Morgan fingerprint density at radius 3 is 2.69 bits per heavy atom. The van der Waals surface area contributed by atoms with Gasteiger partial charge in [-0.15, -0.1) is 0 Å². The van der Waals surface area contributed by atoms with Crippen molar-refractivity contribution >= 4 is 39.1 Å². The molecule has 2 aromatic rings. The molecule has 6 nitrogen and oxygen atoms in total. The summed E-state index contributed by atoms with van der Waals surface area (Å²) in [5.41, 5.74) is 2.96.